The SMILES string of the molecule is C=C[C@@H]1C[C@]1(NC(=O)[C@H]1C[C@@H](Oc2cc(-c3ccccc3)nc3ccccc23)CN1C(=O)[C@@H](NC(=O)[C@@H](NC(C)=O)C1CCCCC1)C(C)C)C(=O)O. The van der Waals surface area contributed by atoms with Crippen LogP contribution < -0.4 is 20.7 Å². The van der Waals surface area contributed by atoms with Gasteiger partial charge in [0, 0.05) is 36.3 Å². The van der Waals surface area contributed by atoms with Gasteiger partial charge in [0.25, 0.3) is 0 Å². The van der Waals surface area contributed by atoms with Gasteiger partial charge in [-0.05, 0) is 43.2 Å². The lowest BCUT2D eigenvalue weighted by molar-refractivity contribution is -0.146. The summed E-state index contributed by atoms with van der Waals surface area (Å²) in [6.45, 7) is 8.72. The van der Waals surface area contributed by atoms with Crippen LogP contribution in [0.4, 0.5) is 0 Å². The van der Waals surface area contributed by atoms with Gasteiger partial charge in [0.1, 0.15) is 35.5 Å². The van der Waals surface area contributed by atoms with Crippen molar-refractivity contribution in [1.82, 2.24) is 25.8 Å². The maximum absolute atomic E-state index is 14.6. The summed E-state index contributed by atoms with van der Waals surface area (Å²) in [7, 11) is 0. The number of amides is 4. The van der Waals surface area contributed by atoms with E-state index < -0.39 is 59.4 Å². The summed E-state index contributed by atoms with van der Waals surface area (Å²) in [4.78, 5) is 73.3. The Morgan fingerprint density at radius 3 is 2.34 bits per heavy atom. The fourth-order valence-electron chi connectivity index (χ4n) is 7.89. The molecule has 3 fully saturated rings. The van der Waals surface area contributed by atoms with Gasteiger partial charge in [0.15, 0.2) is 0 Å². The second kappa shape index (κ2) is 15.8. The number of carboxylic acid groups (broad SMARTS) is 1. The average Bonchev–Trinajstić information content (AvgIpc) is 3.72. The van der Waals surface area contributed by atoms with Crippen molar-refractivity contribution in [3.05, 3.63) is 73.3 Å². The molecule has 2 aromatic carbocycles. The highest BCUT2D eigenvalue weighted by Crippen LogP contribution is 2.45. The van der Waals surface area contributed by atoms with E-state index in [0.29, 0.717) is 17.0 Å². The molecule has 1 aliphatic heterocycles. The third kappa shape index (κ3) is 8.06. The highest BCUT2D eigenvalue weighted by atomic mass is 16.5. The summed E-state index contributed by atoms with van der Waals surface area (Å²) in [6.07, 6.45) is 5.69. The number of ether oxygens (including phenoxy) is 1. The van der Waals surface area contributed by atoms with E-state index in [2.05, 4.69) is 22.5 Å². The molecule has 0 bridgehead atoms. The molecule has 12 heteroatoms. The van der Waals surface area contributed by atoms with Crippen LogP contribution in [0, 0.1) is 17.8 Å². The minimum Gasteiger partial charge on any atom is -0.488 e. The Balaban J connectivity index is 1.30. The van der Waals surface area contributed by atoms with Crippen molar-refractivity contribution in [2.75, 3.05) is 6.54 Å². The molecule has 3 aromatic rings. The molecule has 6 rings (SSSR count). The van der Waals surface area contributed by atoms with Gasteiger partial charge in [-0.15, -0.1) is 6.58 Å². The average molecular weight is 724 g/mol. The second-order valence-corrected chi connectivity index (χ2v) is 15.0. The van der Waals surface area contributed by atoms with E-state index in [0.717, 1.165) is 43.1 Å². The molecular formula is C41H49N5O7. The molecule has 4 N–H and O–H groups in total. The zero-order chi connectivity index (χ0) is 37.9. The number of aliphatic carboxylic acids is 1. The van der Waals surface area contributed by atoms with Crippen LogP contribution in [0.1, 0.15) is 65.7 Å². The molecule has 2 saturated carbocycles. The predicted molar refractivity (Wildman–Crippen MR) is 199 cm³/mol. The van der Waals surface area contributed by atoms with Gasteiger partial charge in [-0.25, -0.2) is 9.78 Å². The highest BCUT2D eigenvalue weighted by Gasteiger charge is 2.61. The standard InChI is InChI=1S/C41H49N5O7/c1-5-28-22-41(28,40(51)52)45-37(48)33-20-29(53-34-21-32(26-14-8-6-9-15-26)43-31-19-13-12-18-30(31)34)23-46(33)39(50)35(24(2)3)44-38(49)36(42-25(4)47)27-16-10-7-11-17-27/h5-6,8-9,12-15,18-19,21,24,27-29,33,35-36H,1,7,10-11,16-17,20,22-23H2,2-4H3,(H,42,47)(H,44,49)(H,45,48)(H,51,52)/t28-,29-,33-,35+,36+,41-/m1/s1. The maximum Gasteiger partial charge on any atom is 0.330 e. The van der Waals surface area contributed by atoms with Gasteiger partial charge in [-0.3, -0.25) is 19.2 Å². The molecule has 1 saturated heterocycles. The lowest BCUT2D eigenvalue weighted by Crippen LogP contribution is -2.60. The first-order valence-electron chi connectivity index (χ1n) is 18.6. The number of hydrogen-bond donors (Lipinski definition) is 4. The largest absolute Gasteiger partial charge is 0.488 e. The molecule has 6 atom stereocenters. The number of nitrogens with zero attached hydrogens (tertiary/aromatic N) is 2. The van der Waals surface area contributed by atoms with Gasteiger partial charge in [-0.1, -0.05) is 81.7 Å². The topological polar surface area (TPSA) is 167 Å². The summed E-state index contributed by atoms with van der Waals surface area (Å²) < 4.78 is 6.65. The summed E-state index contributed by atoms with van der Waals surface area (Å²) in [5, 5.41) is 19.3. The van der Waals surface area contributed by atoms with Gasteiger partial charge in [0.05, 0.1) is 17.8 Å². The monoisotopic (exact) mass is 723 g/mol. The first-order chi connectivity index (χ1) is 25.4. The van der Waals surface area contributed by atoms with Crippen LogP contribution in [-0.2, 0) is 24.0 Å². The van der Waals surface area contributed by atoms with E-state index >= 15 is 0 Å². The molecule has 53 heavy (non-hydrogen) atoms. The Morgan fingerprint density at radius 2 is 1.70 bits per heavy atom. The minimum absolute atomic E-state index is 0.00996. The number of carbonyl (C=O) groups is 5. The third-order valence-corrected chi connectivity index (χ3v) is 10.9. The summed E-state index contributed by atoms with van der Waals surface area (Å²) in [5.74, 6) is -3.41. The molecular weight excluding hydrogens is 674 g/mol. The van der Waals surface area contributed by atoms with Gasteiger partial charge in [0.2, 0.25) is 23.6 Å². The number of fused-ring (bicyclic) bond motifs is 1. The number of para-hydroxylation sites is 1. The third-order valence-electron chi connectivity index (χ3n) is 10.9. The molecule has 2 aliphatic carbocycles. The molecule has 3 aliphatic rings. The molecule has 4 amide bonds. The number of rotatable bonds is 13. The van der Waals surface area contributed by atoms with Gasteiger partial charge < -0.3 is 30.7 Å². The molecule has 1 aromatic heterocycles. The highest BCUT2D eigenvalue weighted by molar-refractivity contribution is 5.97. The van der Waals surface area contributed by atoms with Crippen LogP contribution >= 0.6 is 0 Å². The summed E-state index contributed by atoms with van der Waals surface area (Å²) >= 11 is 0. The zero-order valence-corrected chi connectivity index (χ0v) is 30.5. The summed E-state index contributed by atoms with van der Waals surface area (Å²) in [6, 6.07) is 16.2. The quantitative estimate of drug-likeness (QED) is 0.186. The van der Waals surface area contributed by atoms with Crippen molar-refractivity contribution < 1.29 is 33.8 Å². The fourth-order valence-corrected chi connectivity index (χ4v) is 7.89. The molecule has 2 heterocycles. The van der Waals surface area contributed by atoms with Crippen molar-refractivity contribution in [1.29, 1.82) is 0 Å². The second-order valence-electron chi connectivity index (χ2n) is 15.0. The fraction of sp³-hybridized carbons (Fsp3) is 0.463. The molecule has 0 unspecified atom stereocenters. The van der Waals surface area contributed by atoms with Crippen LogP contribution in [0.3, 0.4) is 0 Å². The van der Waals surface area contributed by atoms with Crippen LogP contribution in [0.5, 0.6) is 5.75 Å². The van der Waals surface area contributed by atoms with Crippen LogP contribution in [-0.4, -0.2) is 80.9 Å². The number of aromatic nitrogens is 1. The van der Waals surface area contributed by atoms with Crippen molar-refractivity contribution >= 4 is 40.5 Å². The Kier molecular flexibility index (Phi) is 11.2. The maximum atomic E-state index is 14.6. The predicted octanol–water partition coefficient (Wildman–Crippen LogP) is 4.62. The van der Waals surface area contributed by atoms with E-state index in [1.807, 2.05) is 74.5 Å². The van der Waals surface area contributed by atoms with Crippen molar-refractivity contribution in [2.45, 2.75) is 95.5 Å². The number of hydrogen-bond acceptors (Lipinski definition) is 7. The molecule has 280 valence electrons. The lowest BCUT2D eigenvalue weighted by atomic mass is 9.83. The smallest absolute Gasteiger partial charge is 0.330 e. The lowest BCUT2D eigenvalue weighted by Gasteiger charge is -2.34. The summed E-state index contributed by atoms with van der Waals surface area (Å²) in [5.41, 5.74) is 0.799. The van der Waals surface area contributed by atoms with Crippen molar-refractivity contribution in [3.8, 4) is 17.0 Å². The van der Waals surface area contributed by atoms with Crippen LogP contribution in [0.15, 0.2) is 73.3 Å². The number of benzene rings is 2. The number of carboxylic acids is 1. The first kappa shape index (κ1) is 37.5. The number of nitrogens with one attached hydrogen (secondary N) is 3. The minimum atomic E-state index is -1.50. The van der Waals surface area contributed by atoms with Crippen LogP contribution in [0.2, 0.25) is 0 Å². The first-order valence-corrected chi connectivity index (χ1v) is 18.6. The number of pyridine rings is 1. The molecule has 12 nitrogen and oxygen atoms in total. The van der Waals surface area contributed by atoms with Crippen molar-refractivity contribution in [2.24, 2.45) is 17.8 Å². The van der Waals surface area contributed by atoms with E-state index in [1.165, 1.54) is 17.9 Å². The van der Waals surface area contributed by atoms with Crippen LogP contribution in [0.25, 0.3) is 22.2 Å². The zero-order valence-electron chi connectivity index (χ0n) is 30.5. The number of carbonyl (C=O) groups excluding carboxylic acids is 4. The molecule has 0 spiro atoms. The van der Waals surface area contributed by atoms with Gasteiger partial charge >= 0.3 is 5.97 Å². The Bertz CT molecular complexity index is 1880. The van der Waals surface area contributed by atoms with E-state index in [4.69, 9.17) is 9.72 Å². The van der Waals surface area contributed by atoms with Gasteiger partial charge in [-0.2, -0.15) is 0 Å². The van der Waals surface area contributed by atoms with Crippen molar-refractivity contribution in [3.63, 3.8) is 0 Å². The molecule has 0 radical (unpaired) electrons. The Hall–Kier alpha value is -5.26. The normalized spacial score (nSPS) is 23.8. The van der Waals surface area contributed by atoms with E-state index in [9.17, 15) is 29.1 Å². The number of likely N-dealkylation sites (tertiary alicyclic amines) is 1. The Labute approximate surface area is 309 Å². The Morgan fingerprint density at radius 1 is 1.00 bits per heavy atom. The van der Waals surface area contributed by atoms with E-state index in [-0.39, 0.29) is 37.1 Å². The van der Waals surface area contributed by atoms with E-state index in [1.54, 1.807) is 0 Å².